The summed E-state index contributed by atoms with van der Waals surface area (Å²) in [7, 11) is 2.03. The molecule has 1 aliphatic rings. The summed E-state index contributed by atoms with van der Waals surface area (Å²) in [6, 6.07) is 0. The molecule has 0 aromatic carbocycles. The summed E-state index contributed by atoms with van der Waals surface area (Å²) in [6.45, 7) is 5.73. The second-order valence-electron chi connectivity index (χ2n) is 4.75. The van der Waals surface area contributed by atoms with Crippen molar-refractivity contribution in [3.05, 3.63) is 16.5 Å². The van der Waals surface area contributed by atoms with Crippen LogP contribution in [0.25, 0.3) is 0 Å². The molecule has 0 bridgehead atoms. The van der Waals surface area contributed by atoms with Crippen molar-refractivity contribution in [3.63, 3.8) is 0 Å². The maximum absolute atomic E-state index is 6.15. The van der Waals surface area contributed by atoms with E-state index in [4.69, 9.17) is 16.3 Å². The van der Waals surface area contributed by atoms with E-state index in [0.29, 0.717) is 11.3 Å². The van der Waals surface area contributed by atoms with Gasteiger partial charge in [0.25, 0.3) is 0 Å². The molecule has 5 heteroatoms. The van der Waals surface area contributed by atoms with Crippen LogP contribution in [0.1, 0.15) is 31.2 Å². The van der Waals surface area contributed by atoms with Crippen LogP contribution in [0.4, 0.5) is 5.82 Å². The third kappa shape index (κ3) is 2.93. The summed E-state index contributed by atoms with van der Waals surface area (Å²) in [5.41, 5.74) is 0.939. The van der Waals surface area contributed by atoms with Gasteiger partial charge in [0.05, 0.1) is 6.10 Å². The van der Waals surface area contributed by atoms with Crippen molar-refractivity contribution < 1.29 is 4.74 Å². The van der Waals surface area contributed by atoms with Gasteiger partial charge in [0, 0.05) is 32.2 Å². The van der Waals surface area contributed by atoms with E-state index in [9.17, 15) is 0 Å². The first-order chi connectivity index (χ1) is 8.61. The molecule has 1 atom stereocenters. The monoisotopic (exact) mass is 269 g/mol. The normalized spacial score (nSPS) is 19.2. The van der Waals surface area contributed by atoms with Gasteiger partial charge in [-0.25, -0.2) is 9.97 Å². The van der Waals surface area contributed by atoms with E-state index in [2.05, 4.69) is 14.9 Å². The fourth-order valence-electron chi connectivity index (χ4n) is 2.23. The van der Waals surface area contributed by atoms with E-state index in [-0.39, 0.29) is 0 Å². The number of halogens is 1. The second kappa shape index (κ2) is 5.85. The van der Waals surface area contributed by atoms with Crippen molar-refractivity contribution >= 4 is 17.4 Å². The lowest BCUT2D eigenvalue weighted by Crippen LogP contribution is -2.30. The predicted octanol–water partition coefficient (Wildman–Crippen LogP) is 2.62. The first-order valence-electron chi connectivity index (χ1n) is 6.47. The number of rotatable bonds is 4. The van der Waals surface area contributed by atoms with Gasteiger partial charge in [0.2, 0.25) is 0 Å². The maximum atomic E-state index is 6.15. The Morgan fingerprint density at radius 1 is 1.44 bits per heavy atom. The van der Waals surface area contributed by atoms with Crippen LogP contribution >= 0.6 is 11.6 Å². The number of aromatic nitrogens is 2. The first kappa shape index (κ1) is 13.6. The number of aryl methyl sites for hydroxylation is 1. The SMILES string of the molecule is CCc1nc(Cl)c(C)c(N(C)CC2CCCO2)n1. The molecule has 0 radical (unpaired) electrons. The average molecular weight is 270 g/mol. The van der Waals surface area contributed by atoms with Gasteiger partial charge in [0.15, 0.2) is 0 Å². The molecule has 0 spiro atoms. The molecule has 1 aromatic rings. The molecule has 2 rings (SSSR count). The number of nitrogens with zero attached hydrogens (tertiary/aromatic N) is 3. The second-order valence-corrected chi connectivity index (χ2v) is 5.11. The van der Waals surface area contributed by atoms with E-state index in [0.717, 1.165) is 49.6 Å². The molecule has 4 nitrogen and oxygen atoms in total. The summed E-state index contributed by atoms with van der Waals surface area (Å²) in [5, 5.41) is 0.552. The number of likely N-dealkylation sites (N-methyl/N-ethyl adjacent to an activating group) is 1. The van der Waals surface area contributed by atoms with Gasteiger partial charge >= 0.3 is 0 Å². The highest BCUT2D eigenvalue weighted by Crippen LogP contribution is 2.24. The predicted molar refractivity (Wildman–Crippen MR) is 73.4 cm³/mol. The molecule has 0 N–H and O–H groups in total. The Labute approximate surface area is 113 Å². The largest absolute Gasteiger partial charge is 0.376 e. The number of hydrogen-bond donors (Lipinski definition) is 0. The Hall–Kier alpha value is -0.870. The van der Waals surface area contributed by atoms with Crippen LogP contribution in [-0.2, 0) is 11.2 Å². The fraction of sp³-hybridized carbons (Fsp3) is 0.692. The molecule has 1 fully saturated rings. The van der Waals surface area contributed by atoms with Crippen LogP contribution in [0, 0.1) is 6.92 Å². The van der Waals surface area contributed by atoms with Crippen LogP contribution in [0.5, 0.6) is 0 Å². The van der Waals surface area contributed by atoms with Gasteiger partial charge in [-0.1, -0.05) is 18.5 Å². The van der Waals surface area contributed by atoms with Crippen molar-refractivity contribution in [1.29, 1.82) is 0 Å². The molecule has 0 saturated carbocycles. The highest BCUT2D eigenvalue weighted by Gasteiger charge is 2.20. The third-order valence-electron chi connectivity index (χ3n) is 3.29. The van der Waals surface area contributed by atoms with Crippen LogP contribution in [-0.4, -0.2) is 36.3 Å². The van der Waals surface area contributed by atoms with Crippen LogP contribution < -0.4 is 4.90 Å². The van der Waals surface area contributed by atoms with E-state index < -0.39 is 0 Å². The lowest BCUT2D eigenvalue weighted by molar-refractivity contribution is 0.116. The molecule has 100 valence electrons. The lowest BCUT2D eigenvalue weighted by Gasteiger charge is -2.23. The molecule has 0 aliphatic carbocycles. The van der Waals surface area contributed by atoms with Gasteiger partial charge in [-0.3, -0.25) is 0 Å². The first-order valence-corrected chi connectivity index (χ1v) is 6.85. The highest BCUT2D eigenvalue weighted by atomic mass is 35.5. The average Bonchev–Trinajstić information content (AvgIpc) is 2.85. The molecule has 18 heavy (non-hydrogen) atoms. The lowest BCUT2D eigenvalue weighted by atomic mass is 10.2. The molecular weight excluding hydrogens is 250 g/mol. The van der Waals surface area contributed by atoms with Crippen molar-refractivity contribution in [2.75, 3.05) is 25.1 Å². The summed E-state index contributed by atoms with van der Waals surface area (Å²) in [5.74, 6) is 1.71. The topological polar surface area (TPSA) is 38.2 Å². The van der Waals surface area contributed by atoms with Crippen molar-refractivity contribution in [1.82, 2.24) is 9.97 Å². The fourth-order valence-corrected chi connectivity index (χ4v) is 2.41. The van der Waals surface area contributed by atoms with Gasteiger partial charge in [-0.05, 0) is 19.8 Å². The van der Waals surface area contributed by atoms with Crippen LogP contribution in [0.3, 0.4) is 0 Å². The minimum absolute atomic E-state index is 0.313. The van der Waals surface area contributed by atoms with E-state index in [1.54, 1.807) is 0 Å². The summed E-state index contributed by atoms with van der Waals surface area (Å²) in [6.07, 6.45) is 3.39. The molecule has 1 unspecified atom stereocenters. The van der Waals surface area contributed by atoms with Crippen molar-refractivity contribution in [2.45, 2.75) is 39.2 Å². The van der Waals surface area contributed by atoms with Crippen molar-refractivity contribution in [2.24, 2.45) is 0 Å². The number of hydrogen-bond acceptors (Lipinski definition) is 4. The Balaban J connectivity index is 2.17. The third-order valence-corrected chi connectivity index (χ3v) is 3.65. The Morgan fingerprint density at radius 3 is 2.83 bits per heavy atom. The Bertz CT molecular complexity index is 419. The molecule has 1 aromatic heterocycles. The Kier molecular flexibility index (Phi) is 4.40. The van der Waals surface area contributed by atoms with Crippen LogP contribution in [0.15, 0.2) is 0 Å². The molecule has 1 aliphatic heterocycles. The van der Waals surface area contributed by atoms with Crippen molar-refractivity contribution in [3.8, 4) is 0 Å². The summed E-state index contributed by atoms with van der Waals surface area (Å²) in [4.78, 5) is 11.0. The zero-order valence-electron chi connectivity index (χ0n) is 11.2. The van der Waals surface area contributed by atoms with E-state index in [1.165, 1.54) is 0 Å². The van der Waals surface area contributed by atoms with E-state index >= 15 is 0 Å². The summed E-state index contributed by atoms with van der Waals surface area (Å²) >= 11 is 6.15. The maximum Gasteiger partial charge on any atom is 0.137 e. The molecular formula is C13H20ClN3O. The Morgan fingerprint density at radius 2 is 2.22 bits per heavy atom. The quantitative estimate of drug-likeness (QED) is 0.788. The van der Waals surface area contributed by atoms with Gasteiger partial charge in [-0.2, -0.15) is 0 Å². The van der Waals surface area contributed by atoms with Gasteiger partial charge in [0.1, 0.15) is 16.8 Å². The minimum Gasteiger partial charge on any atom is -0.376 e. The highest BCUT2D eigenvalue weighted by molar-refractivity contribution is 6.30. The smallest absolute Gasteiger partial charge is 0.137 e. The number of anilines is 1. The zero-order chi connectivity index (χ0) is 13.1. The molecule has 2 heterocycles. The van der Waals surface area contributed by atoms with Gasteiger partial charge in [-0.15, -0.1) is 0 Å². The summed E-state index contributed by atoms with van der Waals surface area (Å²) < 4.78 is 5.65. The minimum atomic E-state index is 0.313. The van der Waals surface area contributed by atoms with E-state index in [1.807, 2.05) is 20.9 Å². The number of ether oxygens (including phenoxy) is 1. The molecule has 1 saturated heterocycles. The molecule has 0 amide bonds. The van der Waals surface area contributed by atoms with Crippen LogP contribution in [0.2, 0.25) is 5.15 Å². The van der Waals surface area contributed by atoms with Gasteiger partial charge < -0.3 is 9.64 Å². The zero-order valence-corrected chi connectivity index (χ0v) is 12.0. The standard InChI is InChI=1S/C13H20ClN3O/c1-4-11-15-12(14)9(2)13(16-11)17(3)8-10-6-5-7-18-10/h10H,4-8H2,1-3H3.